The molecule has 0 saturated heterocycles. The minimum absolute atomic E-state index is 0.180. The molecule has 0 atom stereocenters. The molecule has 0 aromatic heterocycles. The summed E-state index contributed by atoms with van der Waals surface area (Å²) in [5.74, 6) is -2.29. The zero-order chi connectivity index (χ0) is 26.9. The van der Waals surface area contributed by atoms with Gasteiger partial charge in [-0.15, -0.1) is 0 Å². The molecule has 2 aromatic rings. The van der Waals surface area contributed by atoms with Crippen molar-refractivity contribution in [2.45, 2.75) is 96.3 Å². The van der Waals surface area contributed by atoms with Gasteiger partial charge < -0.3 is 20.4 Å². The van der Waals surface area contributed by atoms with Crippen LogP contribution < -0.4 is 0 Å². The SMILES string of the molecule is O=C(O)CCCCCCCCCCCCCCC/C(=C\c1ccccc1)C(=O)c1c(O)cc(O)cc1O. The molecular weight excluding hydrogens is 468 g/mol. The second-order valence-corrected chi connectivity index (χ2v) is 9.76. The van der Waals surface area contributed by atoms with Gasteiger partial charge in [-0.3, -0.25) is 9.59 Å². The fourth-order valence-electron chi connectivity index (χ4n) is 4.53. The number of phenols is 3. The van der Waals surface area contributed by atoms with Crippen LogP contribution >= 0.6 is 0 Å². The number of carbonyl (C=O) groups excluding carboxylic acids is 1. The van der Waals surface area contributed by atoms with Crippen LogP contribution in [0.25, 0.3) is 6.08 Å². The highest BCUT2D eigenvalue weighted by Gasteiger charge is 2.21. The summed E-state index contributed by atoms with van der Waals surface area (Å²) in [6.07, 6.45) is 17.0. The van der Waals surface area contributed by atoms with Gasteiger partial charge in [0.25, 0.3) is 0 Å². The van der Waals surface area contributed by atoms with Crippen molar-refractivity contribution in [1.82, 2.24) is 0 Å². The molecule has 0 bridgehead atoms. The Morgan fingerprint density at radius 3 is 1.51 bits per heavy atom. The van der Waals surface area contributed by atoms with Crippen LogP contribution in [0, 0.1) is 0 Å². The number of carboxylic acids is 1. The number of ketones is 1. The first-order chi connectivity index (χ1) is 17.9. The molecule has 6 nitrogen and oxygen atoms in total. The Labute approximate surface area is 220 Å². The largest absolute Gasteiger partial charge is 0.508 e. The Kier molecular flexibility index (Phi) is 13.9. The Hall–Kier alpha value is -3.28. The third kappa shape index (κ3) is 12.0. The van der Waals surface area contributed by atoms with Gasteiger partial charge in [0.15, 0.2) is 5.78 Å². The Bertz CT molecular complexity index is 973. The number of aromatic hydroxyl groups is 3. The van der Waals surface area contributed by atoms with Gasteiger partial charge in [0.1, 0.15) is 22.8 Å². The van der Waals surface area contributed by atoms with Gasteiger partial charge in [0, 0.05) is 24.1 Å². The first kappa shape index (κ1) is 29.9. The molecule has 0 unspecified atom stereocenters. The molecule has 2 rings (SSSR count). The molecule has 202 valence electrons. The van der Waals surface area contributed by atoms with E-state index in [1.807, 2.05) is 30.3 Å². The molecule has 0 spiro atoms. The molecule has 0 amide bonds. The summed E-state index contributed by atoms with van der Waals surface area (Å²) in [5, 5.41) is 38.6. The first-order valence-corrected chi connectivity index (χ1v) is 13.7. The third-order valence-electron chi connectivity index (χ3n) is 6.58. The van der Waals surface area contributed by atoms with Crippen LogP contribution in [0.5, 0.6) is 17.2 Å². The Balaban J connectivity index is 1.70. The van der Waals surface area contributed by atoms with E-state index in [-0.39, 0.29) is 17.7 Å². The summed E-state index contributed by atoms with van der Waals surface area (Å²) in [6.45, 7) is 0. The number of aliphatic carboxylic acids is 1. The van der Waals surface area contributed by atoms with E-state index in [0.29, 0.717) is 12.0 Å². The number of carbonyl (C=O) groups is 2. The van der Waals surface area contributed by atoms with Crippen LogP contribution in [0.1, 0.15) is 112 Å². The predicted octanol–water partition coefficient (Wildman–Crippen LogP) is 8.01. The predicted molar refractivity (Wildman–Crippen MR) is 147 cm³/mol. The molecule has 0 heterocycles. The lowest BCUT2D eigenvalue weighted by molar-refractivity contribution is -0.137. The molecule has 0 saturated carbocycles. The number of phenolic OH excluding ortho intramolecular Hbond substituents is 3. The fourth-order valence-corrected chi connectivity index (χ4v) is 4.53. The molecule has 0 aliphatic rings. The maximum Gasteiger partial charge on any atom is 0.303 e. The second-order valence-electron chi connectivity index (χ2n) is 9.76. The minimum Gasteiger partial charge on any atom is -0.508 e. The van der Waals surface area contributed by atoms with Crippen molar-refractivity contribution in [3.63, 3.8) is 0 Å². The third-order valence-corrected chi connectivity index (χ3v) is 6.58. The molecule has 0 fully saturated rings. The smallest absolute Gasteiger partial charge is 0.303 e. The number of rotatable bonds is 19. The lowest BCUT2D eigenvalue weighted by Gasteiger charge is -2.11. The zero-order valence-electron chi connectivity index (χ0n) is 21.8. The average molecular weight is 511 g/mol. The van der Waals surface area contributed by atoms with Crippen LogP contribution in [0.4, 0.5) is 0 Å². The topological polar surface area (TPSA) is 115 Å². The molecule has 0 radical (unpaired) electrons. The monoisotopic (exact) mass is 510 g/mol. The number of carboxylic acid groups (broad SMARTS) is 1. The van der Waals surface area contributed by atoms with Crippen LogP contribution in [0.15, 0.2) is 48.0 Å². The minimum atomic E-state index is -0.702. The van der Waals surface area contributed by atoms with E-state index < -0.39 is 23.3 Å². The lowest BCUT2D eigenvalue weighted by Crippen LogP contribution is -2.05. The number of hydrogen-bond acceptors (Lipinski definition) is 5. The maximum atomic E-state index is 13.2. The summed E-state index contributed by atoms with van der Waals surface area (Å²) in [6, 6.07) is 11.6. The van der Waals surface area contributed by atoms with Crippen molar-refractivity contribution in [3.05, 3.63) is 59.2 Å². The summed E-state index contributed by atoms with van der Waals surface area (Å²) < 4.78 is 0. The van der Waals surface area contributed by atoms with Gasteiger partial charge >= 0.3 is 5.97 Å². The number of unbranched alkanes of at least 4 members (excludes halogenated alkanes) is 12. The summed E-state index contributed by atoms with van der Waals surface area (Å²) in [7, 11) is 0. The number of benzene rings is 2. The van der Waals surface area contributed by atoms with Gasteiger partial charge in [-0.2, -0.15) is 0 Å². The van der Waals surface area contributed by atoms with Crippen molar-refractivity contribution in [2.24, 2.45) is 0 Å². The van der Waals surface area contributed by atoms with Gasteiger partial charge in [-0.1, -0.05) is 101 Å². The van der Waals surface area contributed by atoms with Crippen molar-refractivity contribution >= 4 is 17.8 Å². The number of Topliss-reactive ketones (excluding diaryl/α,β-unsaturated/α-hetero) is 1. The van der Waals surface area contributed by atoms with Crippen LogP contribution in [-0.2, 0) is 4.79 Å². The van der Waals surface area contributed by atoms with E-state index in [1.54, 1.807) is 6.08 Å². The molecule has 0 aliphatic heterocycles. The molecule has 0 aliphatic carbocycles. The van der Waals surface area contributed by atoms with Gasteiger partial charge in [-0.25, -0.2) is 0 Å². The zero-order valence-corrected chi connectivity index (χ0v) is 21.8. The highest BCUT2D eigenvalue weighted by Crippen LogP contribution is 2.35. The average Bonchev–Trinajstić information content (AvgIpc) is 2.85. The van der Waals surface area contributed by atoms with Gasteiger partial charge in [0.2, 0.25) is 0 Å². The lowest BCUT2D eigenvalue weighted by atomic mass is 9.94. The molecule has 6 heteroatoms. The second kappa shape index (κ2) is 17.2. The van der Waals surface area contributed by atoms with E-state index in [2.05, 4.69) is 0 Å². The van der Waals surface area contributed by atoms with Crippen molar-refractivity contribution in [1.29, 1.82) is 0 Å². The van der Waals surface area contributed by atoms with Crippen molar-refractivity contribution in [2.75, 3.05) is 0 Å². The number of allylic oxidation sites excluding steroid dienone is 1. The normalized spacial score (nSPS) is 11.5. The van der Waals surface area contributed by atoms with E-state index in [9.17, 15) is 24.9 Å². The van der Waals surface area contributed by atoms with Crippen LogP contribution in [-0.4, -0.2) is 32.2 Å². The maximum absolute atomic E-state index is 13.2. The van der Waals surface area contributed by atoms with E-state index in [4.69, 9.17) is 5.11 Å². The van der Waals surface area contributed by atoms with Crippen molar-refractivity contribution in [3.8, 4) is 17.2 Å². The quantitative estimate of drug-likeness (QED) is 0.0864. The summed E-state index contributed by atoms with van der Waals surface area (Å²) in [5.41, 5.74) is 1.22. The highest BCUT2D eigenvalue weighted by molar-refractivity contribution is 6.14. The Morgan fingerprint density at radius 2 is 1.05 bits per heavy atom. The standard InChI is InChI=1S/C31H42O6/c32-26-22-27(33)30(28(34)23-26)31(37)25(21-24-17-13-12-14-18-24)19-15-10-8-6-4-2-1-3-5-7-9-11-16-20-29(35)36/h12-14,17-18,21-23,32-34H,1-11,15-16,19-20H2,(H,35,36)/b25-21+. The first-order valence-electron chi connectivity index (χ1n) is 13.7. The summed E-state index contributed by atoms with van der Waals surface area (Å²) >= 11 is 0. The molecular formula is C31H42O6. The molecule has 37 heavy (non-hydrogen) atoms. The molecule has 4 N–H and O–H groups in total. The van der Waals surface area contributed by atoms with Crippen LogP contribution in [0.3, 0.4) is 0 Å². The fraction of sp³-hybridized carbons (Fsp3) is 0.484. The van der Waals surface area contributed by atoms with Crippen LogP contribution in [0.2, 0.25) is 0 Å². The van der Waals surface area contributed by atoms with Gasteiger partial charge in [0.05, 0.1) is 0 Å². The highest BCUT2D eigenvalue weighted by atomic mass is 16.4. The molecule has 2 aromatic carbocycles. The van der Waals surface area contributed by atoms with E-state index >= 15 is 0 Å². The summed E-state index contributed by atoms with van der Waals surface area (Å²) in [4.78, 5) is 23.7. The van der Waals surface area contributed by atoms with E-state index in [0.717, 1.165) is 56.2 Å². The van der Waals surface area contributed by atoms with Crippen molar-refractivity contribution < 1.29 is 30.0 Å². The van der Waals surface area contributed by atoms with Gasteiger partial charge in [-0.05, 0) is 30.9 Å². The number of hydrogen-bond donors (Lipinski definition) is 4. The van der Waals surface area contributed by atoms with E-state index in [1.165, 1.54) is 44.9 Å². The Morgan fingerprint density at radius 1 is 0.622 bits per heavy atom.